The molecular weight excluding hydrogens is 452 g/mol. The Hall–Kier alpha value is -2.55. The average Bonchev–Trinajstić information content (AvgIpc) is 2.66. The fourth-order valence-electron chi connectivity index (χ4n) is 2.65. The summed E-state index contributed by atoms with van der Waals surface area (Å²) in [6.07, 6.45) is 3.90. The van der Waals surface area contributed by atoms with Crippen LogP contribution in [0.2, 0.25) is 5.02 Å². The van der Waals surface area contributed by atoms with Gasteiger partial charge in [0.1, 0.15) is 24.0 Å². The molecule has 0 radical (unpaired) electrons. The van der Waals surface area contributed by atoms with Crippen molar-refractivity contribution in [1.82, 2.24) is 5.32 Å². The Bertz CT molecular complexity index is 977. The van der Waals surface area contributed by atoms with E-state index in [0.29, 0.717) is 29.4 Å². The second-order valence-corrected chi connectivity index (χ2v) is 7.92. The van der Waals surface area contributed by atoms with Crippen LogP contribution in [0.4, 0.5) is 0 Å². The Labute approximate surface area is 185 Å². The largest absolute Gasteiger partial charge is 0.487 e. The Morgan fingerprint density at radius 2 is 2.07 bits per heavy atom. The van der Waals surface area contributed by atoms with E-state index in [0.717, 1.165) is 15.6 Å². The molecule has 0 bridgehead atoms. The third-order valence-corrected chi connectivity index (χ3v) is 4.89. The summed E-state index contributed by atoms with van der Waals surface area (Å²) in [5, 5.41) is 12.7. The van der Waals surface area contributed by atoms with Crippen LogP contribution in [-0.4, -0.2) is 11.9 Å². The van der Waals surface area contributed by atoms with E-state index in [4.69, 9.17) is 16.3 Å². The fourth-order valence-corrected chi connectivity index (χ4v) is 3.47. The number of halogens is 2. The first kappa shape index (κ1) is 22.7. The van der Waals surface area contributed by atoms with Crippen LogP contribution in [0.1, 0.15) is 30.5 Å². The van der Waals surface area contributed by atoms with Crippen molar-refractivity contribution in [3.8, 4) is 11.8 Å². The van der Waals surface area contributed by atoms with Crippen molar-refractivity contribution in [2.24, 2.45) is 0 Å². The zero-order valence-corrected chi connectivity index (χ0v) is 18.7. The second-order valence-electron chi connectivity index (χ2n) is 6.66. The van der Waals surface area contributed by atoms with Crippen molar-refractivity contribution >= 4 is 39.5 Å². The quantitative estimate of drug-likeness (QED) is 0.297. The van der Waals surface area contributed by atoms with E-state index in [-0.39, 0.29) is 11.6 Å². The number of allylic oxidation sites excluding steroid dienone is 1. The standard InChI is InChI=1S/C23H22BrClN2O2/c1-4-7-17-10-16(11-19(13-26)23(28)27-15(2)3)12-20(24)22(17)29-14-18-8-5-6-9-21(18)25/h4-6,8-12,15H,1,7,14H2,2-3H3,(H,27,28)/b19-11-. The number of nitrogens with one attached hydrogen (secondary N) is 1. The average molecular weight is 474 g/mol. The summed E-state index contributed by atoms with van der Waals surface area (Å²) in [5.41, 5.74) is 2.52. The zero-order valence-electron chi connectivity index (χ0n) is 16.3. The van der Waals surface area contributed by atoms with Gasteiger partial charge in [-0.2, -0.15) is 5.26 Å². The van der Waals surface area contributed by atoms with Crippen molar-refractivity contribution in [2.45, 2.75) is 32.9 Å². The predicted molar refractivity (Wildman–Crippen MR) is 121 cm³/mol. The number of carbonyl (C=O) groups is 1. The first-order valence-corrected chi connectivity index (χ1v) is 10.2. The van der Waals surface area contributed by atoms with Gasteiger partial charge in [0.05, 0.1) is 4.47 Å². The number of ether oxygens (including phenoxy) is 1. The highest BCUT2D eigenvalue weighted by atomic mass is 79.9. The van der Waals surface area contributed by atoms with Crippen LogP contribution in [0.15, 0.2) is 59.1 Å². The molecule has 2 rings (SSSR count). The molecule has 6 heteroatoms. The topological polar surface area (TPSA) is 62.1 Å². The van der Waals surface area contributed by atoms with Gasteiger partial charge in [0.15, 0.2) is 0 Å². The van der Waals surface area contributed by atoms with Gasteiger partial charge in [-0.05, 0) is 71.6 Å². The molecule has 2 aromatic rings. The van der Waals surface area contributed by atoms with Crippen LogP contribution < -0.4 is 10.1 Å². The van der Waals surface area contributed by atoms with Gasteiger partial charge in [-0.3, -0.25) is 4.79 Å². The minimum absolute atomic E-state index is 0.0416. The first-order chi connectivity index (χ1) is 13.8. The number of benzene rings is 2. The van der Waals surface area contributed by atoms with Gasteiger partial charge in [-0.15, -0.1) is 6.58 Å². The molecule has 0 atom stereocenters. The van der Waals surface area contributed by atoms with E-state index in [1.807, 2.05) is 56.3 Å². The molecule has 4 nitrogen and oxygen atoms in total. The number of nitriles is 1. The van der Waals surface area contributed by atoms with E-state index in [1.165, 1.54) is 0 Å². The Balaban J connectivity index is 2.35. The maximum atomic E-state index is 12.2. The summed E-state index contributed by atoms with van der Waals surface area (Å²) < 4.78 is 6.75. The predicted octanol–water partition coefficient (Wildman–Crippen LogP) is 5.84. The van der Waals surface area contributed by atoms with Gasteiger partial charge in [-0.1, -0.05) is 35.9 Å². The molecule has 0 spiro atoms. The molecule has 1 amide bonds. The van der Waals surface area contributed by atoms with Gasteiger partial charge in [0.2, 0.25) is 0 Å². The SMILES string of the molecule is C=CCc1cc(/C=C(/C#N)C(=O)NC(C)C)cc(Br)c1OCc1ccccc1Cl. The number of rotatable bonds is 8. The molecule has 0 heterocycles. The third-order valence-electron chi connectivity index (χ3n) is 3.93. The number of hydrogen-bond donors (Lipinski definition) is 1. The van der Waals surface area contributed by atoms with Gasteiger partial charge >= 0.3 is 0 Å². The van der Waals surface area contributed by atoms with Crippen LogP contribution >= 0.6 is 27.5 Å². The van der Waals surface area contributed by atoms with Crippen LogP contribution in [0.3, 0.4) is 0 Å². The van der Waals surface area contributed by atoms with Crippen molar-refractivity contribution in [1.29, 1.82) is 5.26 Å². The molecule has 29 heavy (non-hydrogen) atoms. The number of amides is 1. The molecule has 0 aliphatic carbocycles. The highest BCUT2D eigenvalue weighted by Gasteiger charge is 2.14. The normalized spacial score (nSPS) is 11.1. The van der Waals surface area contributed by atoms with Crippen LogP contribution in [0.25, 0.3) is 6.08 Å². The van der Waals surface area contributed by atoms with E-state index in [2.05, 4.69) is 27.8 Å². The van der Waals surface area contributed by atoms with Gasteiger partial charge in [0.25, 0.3) is 5.91 Å². The number of nitrogens with zero attached hydrogens (tertiary/aromatic N) is 1. The fraction of sp³-hybridized carbons (Fsp3) is 0.217. The van der Waals surface area contributed by atoms with Crippen molar-refractivity contribution < 1.29 is 9.53 Å². The molecule has 0 fully saturated rings. The molecule has 2 aromatic carbocycles. The third kappa shape index (κ3) is 6.49. The summed E-state index contributed by atoms with van der Waals surface area (Å²) in [7, 11) is 0. The van der Waals surface area contributed by atoms with Crippen molar-refractivity contribution in [3.63, 3.8) is 0 Å². The highest BCUT2D eigenvalue weighted by molar-refractivity contribution is 9.10. The lowest BCUT2D eigenvalue weighted by Crippen LogP contribution is -2.30. The summed E-state index contributed by atoms with van der Waals surface area (Å²) in [6, 6.07) is 13.1. The first-order valence-electron chi connectivity index (χ1n) is 9.07. The lowest BCUT2D eigenvalue weighted by atomic mass is 10.0. The van der Waals surface area contributed by atoms with Gasteiger partial charge < -0.3 is 10.1 Å². The summed E-state index contributed by atoms with van der Waals surface area (Å²) >= 11 is 9.76. The van der Waals surface area contributed by atoms with E-state index < -0.39 is 5.91 Å². The minimum Gasteiger partial charge on any atom is -0.487 e. The molecule has 150 valence electrons. The lowest BCUT2D eigenvalue weighted by molar-refractivity contribution is -0.117. The molecule has 0 aliphatic rings. The van der Waals surface area contributed by atoms with Crippen molar-refractivity contribution in [2.75, 3.05) is 0 Å². The maximum absolute atomic E-state index is 12.2. The molecule has 0 unspecified atom stereocenters. The molecule has 1 N–H and O–H groups in total. The Morgan fingerprint density at radius 1 is 1.34 bits per heavy atom. The number of hydrogen-bond acceptors (Lipinski definition) is 3. The Kier molecular flexibility index (Phi) is 8.50. The molecular formula is C23H22BrClN2O2. The molecule has 0 aromatic heterocycles. The zero-order chi connectivity index (χ0) is 21.4. The second kappa shape index (κ2) is 10.8. The van der Waals surface area contributed by atoms with Gasteiger partial charge in [-0.25, -0.2) is 0 Å². The van der Waals surface area contributed by atoms with Crippen molar-refractivity contribution in [3.05, 3.63) is 80.8 Å². The molecule has 0 saturated heterocycles. The lowest BCUT2D eigenvalue weighted by Gasteiger charge is -2.15. The van der Waals surface area contributed by atoms with E-state index in [1.54, 1.807) is 12.2 Å². The summed E-state index contributed by atoms with van der Waals surface area (Å²) in [5.74, 6) is 0.273. The van der Waals surface area contributed by atoms with Crippen LogP contribution in [0, 0.1) is 11.3 Å². The highest BCUT2D eigenvalue weighted by Crippen LogP contribution is 2.33. The van der Waals surface area contributed by atoms with E-state index in [9.17, 15) is 10.1 Å². The van der Waals surface area contributed by atoms with E-state index >= 15 is 0 Å². The number of carbonyl (C=O) groups excluding carboxylic acids is 1. The van der Waals surface area contributed by atoms with Crippen LogP contribution in [0.5, 0.6) is 5.75 Å². The summed E-state index contributed by atoms with van der Waals surface area (Å²) in [6.45, 7) is 7.81. The molecule has 0 aliphatic heterocycles. The molecule has 0 saturated carbocycles. The smallest absolute Gasteiger partial charge is 0.262 e. The van der Waals surface area contributed by atoms with Gasteiger partial charge in [0, 0.05) is 16.6 Å². The summed E-state index contributed by atoms with van der Waals surface area (Å²) in [4.78, 5) is 12.2. The monoisotopic (exact) mass is 472 g/mol. The minimum atomic E-state index is -0.400. The Morgan fingerprint density at radius 3 is 2.69 bits per heavy atom. The van der Waals surface area contributed by atoms with Crippen LogP contribution in [-0.2, 0) is 17.8 Å². The maximum Gasteiger partial charge on any atom is 0.262 e.